The zero-order valence-corrected chi connectivity index (χ0v) is 10.8. The van der Waals surface area contributed by atoms with Gasteiger partial charge in [0.1, 0.15) is 5.82 Å². The molecule has 0 atom stereocenters. The van der Waals surface area contributed by atoms with E-state index in [4.69, 9.17) is 0 Å². The fourth-order valence-corrected chi connectivity index (χ4v) is 2.03. The lowest BCUT2D eigenvalue weighted by Crippen LogP contribution is -2.47. The van der Waals surface area contributed by atoms with Crippen molar-refractivity contribution >= 4 is 11.7 Å². The molecule has 18 heavy (non-hydrogen) atoms. The average Bonchev–Trinajstić information content (AvgIpc) is 2.33. The Kier molecular flexibility index (Phi) is 3.52. The number of pyridine rings is 1. The van der Waals surface area contributed by atoms with Gasteiger partial charge in [-0.25, -0.2) is 4.98 Å². The number of hydrogen-bond donors (Lipinski definition) is 2. The average molecular weight is 249 g/mol. The van der Waals surface area contributed by atoms with Crippen molar-refractivity contribution < 1.29 is 9.90 Å². The molecule has 98 valence electrons. The molecule has 0 aliphatic heterocycles. The van der Waals surface area contributed by atoms with E-state index >= 15 is 0 Å². The summed E-state index contributed by atoms with van der Waals surface area (Å²) in [5, 5.41) is 12.7. The van der Waals surface area contributed by atoms with Crippen molar-refractivity contribution in [2.45, 2.75) is 24.9 Å². The van der Waals surface area contributed by atoms with Crippen LogP contribution >= 0.6 is 0 Å². The van der Waals surface area contributed by atoms with Crippen molar-refractivity contribution in [1.29, 1.82) is 0 Å². The summed E-state index contributed by atoms with van der Waals surface area (Å²) in [5.41, 5.74) is -0.165. The molecule has 5 nitrogen and oxygen atoms in total. The van der Waals surface area contributed by atoms with Crippen LogP contribution in [0.3, 0.4) is 0 Å². The largest absolute Gasteiger partial charge is 0.388 e. The Bertz CT molecular complexity index is 442. The Morgan fingerprint density at radius 1 is 1.56 bits per heavy atom. The molecule has 2 rings (SSSR count). The lowest BCUT2D eigenvalue weighted by molar-refractivity contribution is -0.0300. The van der Waals surface area contributed by atoms with Gasteiger partial charge in [-0.15, -0.1) is 0 Å². The number of carbonyl (C=O) groups excluding carboxylic acids is 1. The molecule has 5 heteroatoms. The van der Waals surface area contributed by atoms with Gasteiger partial charge in [0.25, 0.3) is 5.91 Å². The molecule has 0 bridgehead atoms. The predicted molar refractivity (Wildman–Crippen MR) is 69.7 cm³/mol. The van der Waals surface area contributed by atoms with E-state index in [1.54, 1.807) is 23.2 Å². The molecule has 1 saturated carbocycles. The Morgan fingerprint density at radius 3 is 2.83 bits per heavy atom. The molecular weight excluding hydrogens is 230 g/mol. The Morgan fingerprint density at radius 2 is 2.28 bits per heavy atom. The van der Waals surface area contributed by atoms with Gasteiger partial charge < -0.3 is 15.3 Å². The zero-order chi connectivity index (χ0) is 13.2. The van der Waals surface area contributed by atoms with Crippen molar-refractivity contribution in [2.75, 3.05) is 25.5 Å². The summed E-state index contributed by atoms with van der Waals surface area (Å²) < 4.78 is 0. The third kappa shape index (κ3) is 2.61. The van der Waals surface area contributed by atoms with Crippen LogP contribution in [0.25, 0.3) is 0 Å². The second-order valence-electron chi connectivity index (χ2n) is 5.03. The first kappa shape index (κ1) is 12.8. The van der Waals surface area contributed by atoms with Crippen LogP contribution in [-0.2, 0) is 0 Å². The highest BCUT2D eigenvalue weighted by molar-refractivity contribution is 5.98. The topological polar surface area (TPSA) is 65.5 Å². The lowest BCUT2D eigenvalue weighted by Gasteiger charge is -2.36. The first-order chi connectivity index (χ1) is 8.52. The Balaban J connectivity index is 2.04. The van der Waals surface area contributed by atoms with Gasteiger partial charge >= 0.3 is 0 Å². The molecule has 0 spiro atoms. The summed E-state index contributed by atoms with van der Waals surface area (Å²) in [7, 11) is 3.69. The van der Waals surface area contributed by atoms with Crippen molar-refractivity contribution in [2.24, 2.45) is 0 Å². The van der Waals surface area contributed by atoms with Gasteiger partial charge in [-0.05, 0) is 31.4 Å². The molecule has 0 aromatic carbocycles. The number of hydrogen-bond acceptors (Lipinski definition) is 4. The van der Waals surface area contributed by atoms with Gasteiger partial charge in [0.2, 0.25) is 0 Å². The highest BCUT2D eigenvalue weighted by Gasteiger charge is 2.34. The number of nitrogens with zero attached hydrogens (tertiary/aromatic N) is 2. The normalized spacial score (nSPS) is 16.8. The molecule has 1 aromatic rings. The molecule has 2 N–H and O–H groups in total. The van der Waals surface area contributed by atoms with Crippen LogP contribution in [0, 0.1) is 0 Å². The molecular formula is C13H19N3O2. The first-order valence-corrected chi connectivity index (χ1v) is 6.15. The summed E-state index contributed by atoms with van der Waals surface area (Å²) in [4.78, 5) is 18.0. The molecule has 0 saturated heterocycles. The second kappa shape index (κ2) is 4.94. The Labute approximate surface area is 107 Å². The monoisotopic (exact) mass is 249 g/mol. The van der Waals surface area contributed by atoms with Crippen molar-refractivity contribution in [3.8, 4) is 0 Å². The number of aliphatic hydroxyl groups is 1. The number of carbonyl (C=O) groups is 1. The highest BCUT2D eigenvalue weighted by atomic mass is 16.3. The molecule has 1 amide bonds. The van der Waals surface area contributed by atoms with Gasteiger partial charge in [-0.3, -0.25) is 4.79 Å². The number of amides is 1. The van der Waals surface area contributed by atoms with Crippen LogP contribution in [0.1, 0.15) is 29.6 Å². The zero-order valence-electron chi connectivity index (χ0n) is 10.8. The fraction of sp³-hybridized carbons (Fsp3) is 0.538. The van der Waals surface area contributed by atoms with Crippen molar-refractivity contribution in [3.05, 3.63) is 23.9 Å². The minimum atomic E-state index is -0.698. The van der Waals surface area contributed by atoms with Gasteiger partial charge in [0, 0.05) is 26.8 Å². The maximum atomic E-state index is 12.1. The van der Waals surface area contributed by atoms with E-state index in [0.29, 0.717) is 17.9 Å². The standard InChI is InChI=1S/C13H19N3O2/c1-16(2)11-10(5-3-8-14-11)12(17)15-9-13(18)6-4-7-13/h3,5,8,18H,4,6-7,9H2,1-2H3,(H,15,17). The number of nitrogens with one attached hydrogen (secondary N) is 1. The van der Waals surface area contributed by atoms with Crippen LogP contribution in [-0.4, -0.2) is 42.2 Å². The van der Waals surface area contributed by atoms with E-state index in [1.165, 1.54) is 0 Å². The maximum absolute atomic E-state index is 12.1. The summed E-state index contributed by atoms with van der Waals surface area (Å²) in [5.74, 6) is 0.447. The smallest absolute Gasteiger partial charge is 0.255 e. The number of rotatable bonds is 4. The van der Waals surface area contributed by atoms with Crippen molar-refractivity contribution in [3.63, 3.8) is 0 Å². The number of aromatic nitrogens is 1. The molecule has 0 radical (unpaired) electrons. The quantitative estimate of drug-likeness (QED) is 0.828. The summed E-state index contributed by atoms with van der Waals surface area (Å²) in [6, 6.07) is 3.47. The van der Waals surface area contributed by atoms with Gasteiger partial charge in [-0.2, -0.15) is 0 Å². The lowest BCUT2D eigenvalue weighted by atomic mass is 9.80. The van der Waals surface area contributed by atoms with Gasteiger partial charge in [-0.1, -0.05) is 0 Å². The van der Waals surface area contributed by atoms with E-state index in [2.05, 4.69) is 10.3 Å². The van der Waals surface area contributed by atoms with E-state index in [0.717, 1.165) is 19.3 Å². The van der Waals surface area contributed by atoms with E-state index in [1.807, 2.05) is 14.1 Å². The first-order valence-electron chi connectivity index (χ1n) is 6.15. The fourth-order valence-electron chi connectivity index (χ4n) is 2.03. The van der Waals surface area contributed by atoms with E-state index in [9.17, 15) is 9.90 Å². The molecule has 1 aliphatic carbocycles. The van der Waals surface area contributed by atoms with Crippen molar-refractivity contribution in [1.82, 2.24) is 10.3 Å². The summed E-state index contributed by atoms with van der Waals surface area (Å²) in [6.45, 7) is 0.313. The molecule has 1 fully saturated rings. The van der Waals surface area contributed by atoms with E-state index in [-0.39, 0.29) is 5.91 Å². The third-order valence-electron chi connectivity index (χ3n) is 3.32. The van der Waals surface area contributed by atoms with Gasteiger partial charge in [0.05, 0.1) is 11.2 Å². The highest BCUT2D eigenvalue weighted by Crippen LogP contribution is 2.30. The maximum Gasteiger partial charge on any atom is 0.255 e. The van der Waals surface area contributed by atoms with Crippen LogP contribution in [0.15, 0.2) is 18.3 Å². The SMILES string of the molecule is CN(C)c1ncccc1C(=O)NCC1(O)CCC1. The molecule has 0 unspecified atom stereocenters. The van der Waals surface area contributed by atoms with Crippen LogP contribution in [0.4, 0.5) is 5.82 Å². The van der Waals surface area contributed by atoms with E-state index < -0.39 is 5.60 Å². The Hall–Kier alpha value is -1.62. The minimum absolute atomic E-state index is 0.188. The minimum Gasteiger partial charge on any atom is -0.388 e. The summed E-state index contributed by atoms with van der Waals surface area (Å²) in [6.07, 6.45) is 4.22. The molecule has 1 heterocycles. The predicted octanol–water partition coefficient (Wildman–Crippen LogP) is 0.792. The third-order valence-corrected chi connectivity index (χ3v) is 3.32. The summed E-state index contributed by atoms with van der Waals surface area (Å²) >= 11 is 0. The molecule has 1 aliphatic rings. The van der Waals surface area contributed by atoms with Crippen LogP contribution < -0.4 is 10.2 Å². The second-order valence-corrected chi connectivity index (χ2v) is 5.03. The van der Waals surface area contributed by atoms with Crippen LogP contribution in [0.2, 0.25) is 0 Å². The van der Waals surface area contributed by atoms with Crippen LogP contribution in [0.5, 0.6) is 0 Å². The number of anilines is 1. The molecule has 1 aromatic heterocycles. The van der Waals surface area contributed by atoms with Gasteiger partial charge in [0.15, 0.2) is 0 Å².